The molecule has 0 saturated carbocycles. The van der Waals surface area contributed by atoms with Gasteiger partial charge >= 0.3 is 5.97 Å². The van der Waals surface area contributed by atoms with Gasteiger partial charge in [0.1, 0.15) is 21.2 Å². The fourth-order valence-corrected chi connectivity index (χ4v) is 2.39. The van der Waals surface area contributed by atoms with Crippen molar-refractivity contribution in [2.24, 2.45) is 0 Å². The Balaban J connectivity index is 2.61. The summed E-state index contributed by atoms with van der Waals surface area (Å²) in [4.78, 5) is 11.0. The van der Waals surface area contributed by atoms with Crippen molar-refractivity contribution in [2.75, 3.05) is 18.1 Å². The third-order valence-electron chi connectivity index (χ3n) is 2.66. The lowest BCUT2D eigenvalue weighted by Crippen LogP contribution is -2.12. The van der Waals surface area contributed by atoms with Gasteiger partial charge in [-0.2, -0.15) is 0 Å². The van der Waals surface area contributed by atoms with Crippen LogP contribution in [0.4, 0.5) is 0 Å². The van der Waals surface area contributed by atoms with Gasteiger partial charge in [-0.25, -0.2) is 13.2 Å². The molecule has 0 heterocycles. The number of ether oxygens (including phenoxy) is 1. The van der Waals surface area contributed by atoms with Gasteiger partial charge in [-0.3, -0.25) is 0 Å². The minimum Gasteiger partial charge on any atom is -0.493 e. The maximum absolute atomic E-state index is 11.3. The molecular weight excluding hydrogens is 268 g/mol. The lowest BCUT2D eigenvalue weighted by Gasteiger charge is -2.09. The number of hydrogen-bond donors (Lipinski definition) is 1. The summed E-state index contributed by atoms with van der Waals surface area (Å²) in [5.74, 6) is -0.623. The van der Waals surface area contributed by atoms with Crippen LogP contribution >= 0.6 is 0 Å². The van der Waals surface area contributed by atoms with Crippen LogP contribution in [0.2, 0.25) is 0 Å². The molecule has 1 aromatic rings. The molecule has 0 aliphatic rings. The van der Waals surface area contributed by atoms with E-state index in [0.717, 1.165) is 5.56 Å². The normalized spacial score (nSPS) is 11.3. The maximum atomic E-state index is 11.3. The highest BCUT2D eigenvalue weighted by atomic mass is 32.2. The van der Waals surface area contributed by atoms with Crippen LogP contribution in [-0.2, 0) is 9.84 Å². The molecule has 1 rings (SSSR count). The highest BCUT2D eigenvalue weighted by Crippen LogP contribution is 2.20. The van der Waals surface area contributed by atoms with E-state index in [4.69, 9.17) is 9.84 Å². The summed E-state index contributed by atoms with van der Waals surface area (Å²) in [5, 5.41) is 9.04. The second-order valence-corrected chi connectivity index (χ2v) is 6.72. The summed E-state index contributed by atoms with van der Waals surface area (Å²) in [6.07, 6.45) is 0.350. The predicted molar refractivity (Wildman–Crippen MR) is 72.6 cm³/mol. The van der Waals surface area contributed by atoms with E-state index in [1.165, 1.54) is 6.07 Å². The van der Waals surface area contributed by atoms with E-state index in [1.54, 1.807) is 26.0 Å². The van der Waals surface area contributed by atoms with Crippen molar-refractivity contribution in [3.05, 3.63) is 29.3 Å². The van der Waals surface area contributed by atoms with Gasteiger partial charge in [-0.15, -0.1) is 0 Å². The SMILES string of the molecule is CCS(=O)(=O)CCCOc1ccc(C)cc1C(=O)O. The molecule has 106 valence electrons. The molecule has 1 N–H and O–H groups in total. The molecule has 6 heteroatoms. The second-order valence-electron chi connectivity index (χ2n) is 4.24. The van der Waals surface area contributed by atoms with E-state index in [9.17, 15) is 13.2 Å². The Morgan fingerprint density at radius 2 is 2.05 bits per heavy atom. The lowest BCUT2D eigenvalue weighted by atomic mass is 10.1. The first-order valence-corrected chi connectivity index (χ1v) is 7.85. The number of carbonyl (C=O) groups is 1. The fourth-order valence-electron chi connectivity index (χ4n) is 1.54. The zero-order valence-electron chi connectivity index (χ0n) is 11.0. The standard InChI is InChI=1S/C13H18O5S/c1-3-19(16,17)8-4-7-18-12-6-5-10(2)9-11(12)13(14)15/h5-6,9H,3-4,7-8H2,1-2H3,(H,14,15). The molecule has 0 saturated heterocycles. The molecule has 5 nitrogen and oxygen atoms in total. The summed E-state index contributed by atoms with van der Waals surface area (Å²) in [6, 6.07) is 4.87. The molecule has 1 aromatic carbocycles. The predicted octanol–water partition coefficient (Wildman–Crippen LogP) is 1.90. The van der Waals surface area contributed by atoms with Crippen molar-refractivity contribution in [3.8, 4) is 5.75 Å². The Bertz CT molecular complexity index is 548. The summed E-state index contributed by atoms with van der Waals surface area (Å²) in [5.41, 5.74) is 0.927. The summed E-state index contributed by atoms with van der Waals surface area (Å²) >= 11 is 0. The van der Waals surface area contributed by atoms with Crippen LogP contribution in [0.3, 0.4) is 0 Å². The van der Waals surface area contributed by atoms with Crippen LogP contribution in [0.5, 0.6) is 5.75 Å². The number of hydrogen-bond acceptors (Lipinski definition) is 4. The van der Waals surface area contributed by atoms with Crippen molar-refractivity contribution in [1.82, 2.24) is 0 Å². The van der Waals surface area contributed by atoms with Crippen LogP contribution in [0, 0.1) is 6.92 Å². The van der Waals surface area contributed by atoms with Gasteiger partial charge in [-0.1, -0.05) is 18.6 Å². The van der Waals surface area contributed by atoms with E-state index in [2.05, 4.69) is 0 Å². The van der Waals surface area contributed by atoms with Gasteiger partial charge < -0.3 is 9.84 Å². The maximum Gasteiger partial charge on any atom is 0.339 e. The van der Waals surface area contributed by atoms with Crippen molar-refractivity contribution in [2.45, 2.75) is 20.3 Å². The number of aromatic carboxylic acids is 1. The highest BCUT2D eigenvalue weighted by Gasteiger charge is 2.12. The molecule has 0 aliphatic heterocycles. The molecule has 0 amide bonds. The number of benzene rings is 1. The van der Waals surface area contributed by atoms with Crippen molar-refractivity contribution in [3.63, 3.8) is 0 Å². The highest BCUT2D eigenvalue weighted by molar-refractivity contribution is 7.91. The van der Waals surface area contributed by atoms with E-state index >= 15 is 0 Å². The number of aryl methyl sites for hydroxylation is 1. The van der Waals surface area contributed by atoms with E-state index < -0.39 is 15.8 Å². The number of carboxylic acid groups (broad SMARTS) is 1. The third kappa shape index (κ3) is 4.90. The molecule has 0 unspecified atom stereocenters. The van der Waals surface area contributed by atoms with Gasteiger partial charge in [0.05, 0.1) is 12.4 Å². The van der Waals surface area contributed by atoms with Crippen LogP contribution in [0.1, 0.15) is 29.3 Å². The molecule has 0 radical (unpaired) electrons. The Kier molecular flexibility index (Phi) is 5.35. The van der Waals surface area contributed by atoms with Gasteiger partial charge in [-0.05, 0) is 25.5 Å². The van der Waals surface area contributed by atoms with E-state index in [1.807, 2.05) is 0 Å². The Hall–Kier alpha value is -1.56. The average Bonchev–Trinajstić information content (AvgIpc) is 2.36. The van der Waals surface area contributed by atoms with Crippen molar-refractivity contribution < 1.29 is 23.1 Å². The van der Waals surface area contributed by atoms with Crippen LogP contribution in [0.25, 0.3) is 0 Å². The average molecular weight is 286 g/mol. The minimum absolute atomic E-state index is 0.0533. The van der Waals surface area contributed by atoms with Gasteiger partial charge in [0.2, 0.25) is 0 Å². The van der Waals surface area contributed by atoms with Crippen LogP contribution < -0.4 is 4.74 Å². The number of sulfone groups is 1. The van der Waals surface area contributed by atoms with Gasteiger partial charge in [0, 0.05) is 5.75 Å². The van der Waals surface area contributed by atoms with Gasteiger partial charge in [0.15, 0.2) is 0 Å². The Morgan fingerprint density at radius 1 is 1.37 bits per heavy atom. The molecule has 0 aromatic heterocycles. The summed E-state index contributed by atoms with van der Waals surface area (Å²) < 4.78 is 27.9. The number of rotatable bonds is 7. The molecule has 0 atom stereocenters. The zero-order valence-corrected chi connectivity index (χ0v) is 11.9. The second kappa shape index (κ2) is 6.56. The van der Waals surface area contributed by atoms with E-state index in [0.29, 0.717) is 6.42 Å². The first kappa shape index (κ1) is 15.5. The molecule has 19 heavy (non-hydrogen) atoms. The van der Waals surface area contributed by atoms with Crippen molar-refractivity contribution in [1.29, 1.82) is 0 Å². The monoisotopic (exact) mass is 286 g/mol. The lowest BCUT2D eigenvalue weighted by molar-refractivity contribution is 0.0692. The first-order valence-electron chi connectivity index (χ1n) is 6.03. The molecule has 0 fully saturated rings. The zero-order chi connectivity index (χ0) is 14.5. The number of carboxylic acids is 1. The van der Waals surface area contributed by atoms with E-state index in [-0.39, 0.29) is 29.4 Å². The third-order valence-corrected chi connectivity index (χ3v) is 4.45. The van der Waals surface area contributed by atoms with Crippen LogP contribution in [-0.4, -0.2) is 37.6 Å². The molecule has 0 aliphatic carbocycles. The minimum atomic E-state index is -3.00. The van der Waals surface area contributed by atoms with Crippen LogP contribution in [0.15, 0.2) is 18.2 Å². The Labute approximate surface area is 113 Å². The fraction of sp³-hybridized carbons (Fsp3) is 0.462. The smallest absolute Gasteiger partial charge is 0.339 e. The Morgan fingerprint density at radius 3 is 2.63 bits per heavy atom. The van der Waals surface area contributed by atoms with Crippen molar-refractivity contribution >= 4 is 15.8 Å². The summed E-state index contributed by atoms with van der Waals surface area (Å²) in [6.45, 7) is 3.57. The summed E-state index contributed by atoms with van der Waals surface area (Å²) in [7, 11) is -3.00. The molecule has 0 bridgehead atoms. The molecular formula is C13H18O5S. The first-order chi connectivity index (χ1) is 8.85. The van der Waals surface area contributed by atoms with Gasteiger partial charge in [0.25, 0.3) is 0 Å². The quantitative estimate of drug-likeness (QED) is 0.774. The molecule has 0 spiro atoms. The topological polar surface area (TPSA) is 80.7 Å². The largest absolute Gasteiger partial charge is 0.493 e.